The van der Waals surface area contributed by atoms with Crippen molar-refractivity contribution in [2.75, 3.05) is 13.2 Å². The van der Waals surface area contributed by atoms with Crippen molar-refractivity contribution >= 4 is 0 Å². The summed E-state index contributed by atoms with van der Waals surface area (Å²) in [6.45, 7) is 6.31. The normalized spacial score (nSPS) is 11.3. The van der Waals surface area contributed by atoms with Crippen LogP contribution in [0.25, 0.3) is 0 Å². The lowest BCUT2D eigenvalue weighted by atomic mass is 10.2. The summed E-state index contributed by atoms with van der Waals surface area (Å²) in [5.74, 6) is 0. The Labute approximate surface area is 95.9 Å². The van der Waals surface area contributed by atoms with Crippen molar-refractivity contribution in [2.24, 2.45) is 0 Å². The Morgan fingerprint density at radius 3 is 2.27 bits per heavy atom. The van der Waals surface area contributed by atoms with Crippen molar-refractivity contribution in [1.29, 1.82) is 0 Å². The van der Waals surface area contributed by atoms with Crippen LogP contribution < -0.4 is 0 Å². The average molecular weight is 212 g/mol. The van der Waals surface area contributed by atoms with Crippen LogP contribution in [0.1, 0.15) is 65.2 Å². The van der Waals surface area contributed by atoms with Gasteiger partial charge in [0.1, 0.15) is 0 Å². The molecule has 0 aliphatic carbocycles. The lowest BCUT2D eigenvalue weighted by molar-refractivity contribution is 0.128. The number of ether oxygens (including phenoxy) is 1. The van der Waals surface area contributed by atoms with Gasteiger partial charge in [0, 0.05) is 13.2 Å². The van der Waals surface area contributed by atoms with Crippen LogP contribution in [0.4, 0.5) is 0 Å². The van der Waals surface area contributed by atoms with E-state index in [0.717, 1.165) is 19.6 Å². The fraction of sp³-hybridized carbons (Fsp3) is 0.857. The number of allylic oxidation sites excluding steroid dienone is 2. The predicted molar refractivity (Wildman–Crippen MR) is 68.2 cm³/mol. The molecule has 0 aromatic heterocycles. The number of unbranched alkanes of at least 4 members (excludes halogenated alkanes) is 5. The van der Waals surface area contributed by atoms with E-state index in [1.807, 2.05) is 0 Å². The van der Waals surface area contributed by atoms with Gasteiger partial charge in [-0.3, -0.25) is 0 Å². The largest absolute Gasteiger partial charge is 0.381 e. The molecule has 15 heavy (non-hydrogen) atoms. The second-order valence-corrected chi connectivity index (χ2v) is 4.05. The highest BCUT2D eigenvalue weighted by molar-refractivity contribution is 4.79. The summed E-state index contributed by atoms with van der Waals surface area (Å²) in [6.07, 6.45) is 14.6. The van der Waals surface area contributed by atoms with E-state index in [9.17, 15) is 0 Å². The van der Waals surface area contributed by atoms with Crippen molar-refractivity contribution in [2.45, 2.75) is 65.2 Å². The van der Waals surface area contributed by atoms with Crippen molar-refractivity contribution in [3.05, 3.63) is 12.2 Å². The first-order valence-electron chi connectivity index (χ1n) is 6.64. The second-order valence-electron chi connectivity index (χ2n) is 4.05. The molecule has 0 unspecified atom stereocenters. The smallest absolute Gasteiger partial charge is 0.0468 e. The molecule has 0 fully saturated rings. The highest BCUT2D eigenvalue weighted by Gasteiger charge is 1.90. The van der Waals surface area contributed by atoms with Crippen molar-refractivity contribution in [3.8, 4) is 0 Å². The van der Waals surface area contributed by atoms with Gasteiger partial charge < -0.3 is 4.74 Å². The maximum absolute atomic E-state index is 5.56. The van der Waals surface area contributed by atoms with Gasteiger partial charge in [-0.15, -0.1) is 0 Å². The molecule has 0 aliphatic heterocycles. The first kappa shape index (κ1) is 14.7. The van der Waals surface area contributed by atoms with Crippen molar-refractivity contribution in [1.82, 2.24) is 0 Å². The van der Waals surface area contributed by atoms with Gasteiger partial charge in [-0.2, -0.15) is 0 Å². The molecular formula is C14H28O. The molecule has 0 radical (unpaired) electrons. The zero-order chi connectivity index (χ0) is 11.2. The van der Waals surface area contributed by atoms with E-state index in [4.69, 9.17) is 4.74 Å². The van der Waals surface area contributed by atoms with Crippen molar-refractivity contribution in [3.63, 3.8) is 0 Å². The monoisotopic (exact) mass is 212 g/mol. The van der Waals surface area contributed by atoms with Crippen LogP contribution in [0, 0.1) is 0 Å². The average Bonchev–Trinajstić information content (AvgIpc) is 2.26. The van der Waals surface area contributed by atoms with E-state index < -0.39 is 0 Å². The summed E-state index contributed by atoms with van der Waals surface area (Å²) in [6, 6.07) is 0. The molecular weight excluding hydrogens is 184 g/mol. The van der Waals surface area contributed by atoms with Crippen LogP contribution in [0.15, 0.2) is 12.2 Å². The van der Waals surface area contributed by atoms with Crippen LogP contribution in [0.2, 0.25) is 0 Å². The minimum atomic E-state index is 0.932. The zero-order valence-electron chi connectivity index (χ0n) is 10.6. The third-order valence-corrected chi connectivity index (χ3v) is 2.45. The predicted octanol–water partition coefficient (Wildman–Crippen LogP) is 4.72. The van der Waals surface area contributed by atoms with Crippen LogP contribution in [0.3, 0.4) is 0 Å². The summed E-state index contributed by atoms with van der Waals surface area (Å²) < 4.78 is 5.56. The Bertz CT molecular complexity index is 129. The number of rotatable bonds is 11. The molecule has 0 aromatic rings. The molecule has 0 atom stereocenters. The van der Waals surface area contributed by atoms with E-state index >= 15 is 0 Å². The standard InChI is InChI=1S/C14H28O/c1-3-5-7-9-11-13-15-14-12-10-8-6-4-2/h5,7H,3-4,6,8-14H2,1-2H3/b7-5-. The van der Waals surface area contributed by atoms with E-state index in [1.165, 1.54) is 44.9 Å². The molecule has 0 rings (SSSR count). The lowest BCUT2D eigenvalue weighted by Gasteiger charge is -2.02. The zero-order valence-corrected chi connectivity index (χ0v) is 10.6. The fourth-order valence-electron chi connectivity index (χ4n) is 1.50. The molecule has 0 saturated carbocycles. The molecule has 1 nitrogen and oxygen atoms in total. The molecule has 0 saturated heterocycles. The molecule has 0 aromatic carbocycles. The topological polar surface area (TPSA) is 9.23 Å². The quantitative estimate of drug-likeness (QED) is 0.356. The summed E-state index contributed by atoms with van der Waals surface area (Å²) in [7, 11) is 0. The first-order chi connectivity index (χ1) is 7.41. The Morgan fingerprint density at radius 2 is 1.53 bits per heavy atom. The molecule has 0 spiro atoms. The van der Waals surface area contributed by atoms with E-state index in [-0.39, 0.29) is 0 Å². The minimum absolute atomic E-state index is 0.932. The lowest BCUT2D eigenvalue weighted by Crippen LogP contribution is -1.96. The summed E-state index contributed by atoms with van der Waals surface area (Å²) in [4.78, 5) is 0. The van der Waals surface area contributed by atoms with Gasteiger partial charge >= 0.3 is 0 Å². The molecule has 0 bridgehead atoms. The summed E-state index contributed by atoms with van der Waals surface area (Å²) >= 11 is 0. The molecule has 0 amide bonds. The van der Waals surface area contributed by atoms with Crippen LogP contribution in [0.5, 0.6) is 0 Å². The van der Waals surface area contributed by atoms with Gasteiger partial charge in [0.2, 0.25) is 0 Å². The van der Waals surface area contributed by atoms with E-state index in [0.29, 0.717) is 0 Å². The molecule has 0 heterocycles. The minimum Gasteiger partial charge on any atom is -0.381 e. The van der Waals surface area contributed by atoms with E-state index in [2.05, 4.69) is 26.0 Å². The van der Waals surface area contributed by atoms with Gasteiger partial charge in [0.25, 0.3) is 0 Å². The fourth-order valence-corrected chi connectivity index (χ4v) is 1.50. The Morgan fingerprint density at radius 1 is 0.800 bits per heavy atom. The second kappa shape index (κ2) is 13.7. The van der Waals surface area contributed by atoms with Crippen LogP contribution in [-0.4, -0.2) is 13.2 Å². The first-order valence-corrected chi connectivity index (χ1v) is 6.64. The number of hydrogen-bond donors (Lipinski definition) is 0. The third kappa shape index (κ3) is 13.7. The van der Waals surface area contributed by atoms with Gasteiger partial charge in [-0.05, 0) is 25.7 Å². The number of hydrogen-bond acceptors (Lipinski definition) is 1. The van der Waals surface area contributed by atoms with Crippen LogP contribution in [-0.2, 0) is 4.74 Å². The maximum Gasteiger partial charge on any atom is 0.0468 e. The summed E-state index contributed by atoms with van der Waals surface area (Å²) in [5, 5.41) is 0. The van der Waals surface area contributed by atoms with E-state index in [1.54, 1.807) is 0 Å². The van der Waals surface area contributed by atoms with Crippen molar-refractivity contribution < 1.29 is 4.74 Å². The maximum atomic E-state index is 5.56. The molecule has 0 aliphatic rings. The summed E-state index contributed by atoms with van der Waals surface area (Å²) in [5.41, 5.74) is 0. The Balaban J connectivity index is 2.89. The highest BCUT2D eigenvalue weighted by atomic mass is 16.5. The van der Waals surface area contributed by atoms with Crippen LogP contribution >= 0.6 is 0 Å². The van der Waals surface area contributed by atoms with Gasteiger partial charge in [-0.1, -0.05) is 51.7 Å². The highest BCUT2D eigenvalue weighted by Crippen LogP contribution is 2.02. The molecule has 90 valence electrons. The van der Waals surface area contributed by atoms with Gasteiger partial charge in [0.15, 0.2) is 0 Å². The third-order valence-electron chi connectivity index (χ3n) is 2.45. The van der Waals surface area contributed by atoms with Gasteiger partial charge in [0.05, 0.1) is 0 Å². The SMILES string of the molecule is CC/C=C\CCCOCCCCCCC. The molecule has 0 N–H and O–H groups in total. The Hall–Kier alpha value is -0.300. The Kier molecular flexibility index (Phi) is 13.4. The molecule has 1 heteroatoms. The van der Waals surface area contributed by atoms with Gasteiger partial charge in [-0.25, -0.2) is 0 Å².